The quantitative estimate of drug-likeness (QED) is 0.655. The summed E-state index contributed by atoms with van der Waals surface area (Å²) in [4.78, 5) is 7.97. The van der Waals surface area contributed by atoms with Crippen LogP contribution >= 0.6 is 11.6 Å². The van der Waals surface area contributed by atoms with Crippen LogP contribution < -0.4 is 5.73 Å². The Labute approximate surface area is 116 Å². The second-order valence-electron chi connectivity index (χ2n) is 4.80. The van der Waals surface area contributed by atoms with E-state index in [9.17, 15) is 0 Å². The maximum atomic E-state index is 6.05. The lowest BCUT2D eigenvalue weighted by atomic mass is 10.1. The topological polar surface area (TPSA) is 54.7 Å². The van der Waals surface area contributed by atoms with Crippen LogP contribution in [0.25, 0.3) is 22.4 Å². The number of fused-ring (bicyclic) bond motifs is 1. The van der Waals surface area contributed by atoms with Crippen molar-refractivity contribution in [2.24, 2.45) is 0 Å². The van der Waals surface area contributed by atoms with Gasteiger partial charge in [0.25, 0.3) is 0 Å². The summed E-state index contributed by atoms with van der Waals surface area (Å²) in [5, 5.41) is 0.547. The van der Waals surface area contributed by atoms with Crippen LogP contribution in [0.2, 0.25) is 5.02 Å². The number of nitrogens with zero attached hydrogens (tertiary/aromatic N) is 1. The van der Waals surface area contributed by atoms with E-state index in [1.807, 2.05) is 12.1 Å². The van der Waals surface area contributed by atoms with Gasteiger partial charge in [0.15, 0.2) is 0 Å². The third kappa shape index (κ3) is 2.06. The van der Waals surface area contributed by atoms with Gasteiger partial charge in [-0.15, -0.1) is 0 Å². The van der Waals surface area contributed by atoms with Crippen LogP contribution in [0.4, 0.5) is 5.69 Å². The van der Waals surface area contributed by atoms with Gasteiger partial charge in [0.1, 0.15) is 5.82 Å². The second kappa shape index (κ2) is 4.28. The lowest BCUT2D eigenvalue weighted by Gasteiger charge is -2.00. The molecule has 4 heteroatoms. The summed E-state index contributed by atoms with van der Waals surface area (Å²) in [6, 6.07) is 9.77. The second-order valence-corrected chi connectivity index (χ2v) is 5.21. The number of aromatic nitrogens is 2. The first-order valence-corrected chi connectivity index (χ1v) is 6.45. The summed E-state index contributed by atoms with van der Waals surface area (Å²) >= 11 is 6.05. The van der Waals surface area contributed by atoms with Gasteiger partial charge in [-0.05, 0) is 49.2 Å². The van der Waals surface area contributed by atoms with Crippen molar-refractivity contribution < 1.29 is 0 Å². The number of hydrogen-bond donors (Lipinski definition) is 2. The molecule has 0 amide bonds. The number of nitrogens with one attached hydrogen (secondary N) is 1. The van der Waals surface area contributed by atoms with Crippen molar-refractivity contribution in [2.45, 2.75) is 13.8 Å². The monoisotopic (exact) mass is 271 g/mol. The molecule has 0 atom stereocenters. The first-order valence-electron chi connectivity index (χ1n) is 6.07. The van der Waals surface area contributed by atoms with Crippen molar-refractivity contribution in [3.05, 3.63) is 46.5 Å². The summed E-state index contributed by atoms with van der Waals surface area (Å²) in [6.45, 7) is 4.14. The van der Waals surface area contributed by atoms with Gasteiger partial charge in [-0.3, -0.25) is 0 Å². The van der Waals surface area contributed by atoms with Crippen LogP contribution in [0.1, 0.15) is 11.1 Å². The van der Waals surface area contributed by atoms with E-state index in [0.29, 0.717) is 10.7 Å². The van der Waals surface area contributed by atoms with Crippen LogP contribution in [0.5, 0.6) is 0 Å². The van der Waals surface area contributed by atoms with Gasteiger partial charge in [-0.2, -0.15) is 0 Å². The summed E-state index contributed by atoms with van der Waals surface area (Å²) in [5.74, 6) is 0.811. The highest BCUT2D eigenvalue weighted by atomic mass is 35.5. The molecule has 3 aromatic rings. The predicted octanol–water partition coefficient (Wildman–Crippen LogP) is 4.08. The number of aromatic amines is 1. The number of nitrogens with two attached hydrogens (primary N) is 1. The Morgan fingerprint density at radius 2 is 1.95 bits per heavy atom. The van der Waals surface area contributed by atoms with Crippen molar-refractivity contribution in [1.29, 1.82) is 0 Å². The first kappa shape index (κ1) is 12.1. The molecule has 0 saturated heterocycles. The third-order valence-electron chi connectivity index (χ3n) is 3.20. The zero-order chi connectivity index (χ0) is 13.6. The number of anilines is 1. The van der Waals surface area contributed by atoms with Gasteiger partial charge in [0.05, 0.1) is 21.7 Å². The maximum absolute atomic E-state index is 6.05. The standard InChI is InChI=1S/C15H14ClN3/c1-8-5-9(2)14-13(6-8)18-15(19-14)10-3-4-12(17)11(16)7-10/h3-7H,17H2,1-2H3,(H,18,19). The van der Waals surface area contributed by atoms with Gasteiger partial charge < -0.3 is 10.7 Å². The fourth-order valence-electron chi connectivity index (χ4n) is 2.28. The lowest BCUT2D eigenvalue weighted by molar-refractivity contribution is 1.33. The summed E-state index contributed by atoms with van der Waals surface area (Å²) in [5.41, 5.74) is 11.7. The molecule has 0 aliphatic carbocycles. The molecule has 0 radical (unpaired) electrons. The molecule has 19 heavy (non-hydrogen) atoms. The highest BCUT2D eigenvalue weighted by Gasteiger charge is 2.09. The Morgan fingerprint density at radius 1 is 1.16 bits per heavy atom. The minimum atomic E-state index is 0.547. The van der Waals surface area contributed by atoms with Crippen LogP contribution in [-0.2, 0) is 0 Å². The Bertz CT molecular complexity index is 774. The van der Waals surface area contributed by atoms with Crippen LogP contribution in [-0.4, -0.2) is 9.97 Å². The van der Waals surface area contributed by atoms with Crippen molar-refractivity contribution in [3.63, 3.8) is 0 Å². The molecule has 3 rings (SSSR count). The summed E-state index contributed by atoms with van der Waals surface area (Å²) < 4.78 is 0. The number of H-pyrrole nitrogens is 1. The van der Waals surface area contributed by atoms with E-state index < -0.39 is 0 Å². The van der Waals surface area contributed by atoms with E-state index >= 15 is 0 Å². The predicted molar refractivity (Wildman–Crippen MR) is 80.4 cm³/mol. The average Bonchev–Trinajstić information content (AvgIpc) is 2.76. The van der Waals surface area contributed by atoms with Crippen molar-refractivity contribution in [2.75, 3.05) is 5.73 Å². The summed E-state index contributed by atoms with van der Waals surface area (Å²) in [6.07, 6.45) is 0. The van der Waals surface area contributed by atoms with Crippen molar-refractivity contribution >= 4 is 28.3 Å². The highest BCUT2D eigenvalue weighted by molar-refractivity contribution is 6.33. The van der Waals surface area contributed by atoms with E-state index in [4.69, 9.17) is 17.3 Å². The van der Waals surface area contributed by atoms with Gasteiger partial charge in [0.2, 0.25) is 0 Å². The largest absolute Gasteiger partial charge is 0.398 e. The first-order chi connectivity index (χ1) is 9.04. The molecule has 0 fully saturated rings. The molecule has 0 unspecified atom stereocenters. The van der Waals surface area contributed by atoms with Crippen molar-refractivity contribution in [3.8, 4) is 11.4 Å². The minimum absolute atomic E-state index is 0.547. The molecule has 0 saturated carbocycles. The Kier molecular flexibility index (Phi) is 2.72. The van der Waals surface area contributed by atoms with Gasteiger partial charge >= 0.3 is 0 Å². The normalized spacial score (nSPS) is 11.1. The molecule has 0 aliphatic rings. The van der Waals surface area contributed by atoms with E-state index in [2.05, 4.69) is 35.9 Å². The smallest absolute Gasteiger partial charge is 0.138 e. The molecule has 1 heterocycles. The zero-order valence-corrected chi connectivity index (χ0v) is 11.5. The molecule has 0 spiro atoms. The zero-order valence-electron chi connectivity index (χ0n) is 10.8. The molecular weight excluding hydrogens is 258 g/mol. The lowest BCUT2D eigenvalue weighted by Crippen LogP contribution is -1.87. The number of nitrogen functional groups attached to an aromatic ring is 1. The van der Waals surface area contributed by atoms with E-state index in [1.165, 1.54) is 11.1 Å². The number of aryl methyl sites for hydroxylation is 2. The molecule has 3 nitrogen and oxygen atoms in total. The SMILES string of the molecule is Cc1cc(C)c2nc(-c3ccc(N)c(Cl)c3)[nH]c2c1. The van der Waals surface area contributed by atoms with Crippen molar-refractivity contribution in [1.82, 2.24) is 9.97 Å². The maximum Gasteiger partial charge on any atom is 0.138 e. The average molecular weight is 272 g/mol. The van der Waals surface area contributed by atoms with Crippen LogP contribution in [0.15, 0.2) is 30.3 Å². The summed E-state index contributed by atoms with van der Waals surface area (Å²) in [7, 11) is 0. The molecule has 3 N–H and O–H groups in total. The molecular formula is C15H14ClN3. The number of rotatable bonds is 1. The minimum Gasteiger partial charge on any atom is -0.398 e. The Morgan fingerprint density at radius 3 is 2.68 bits per heavy atom. The van der Waals surface area contributed by atoms with E-state index in [0.717, 1.165) is 22.4 Å². The number of benzene rings is 2. The van der Waals surface area contributed by atoms with Gasteiger partial charge in [0, 0.05) is 5.56 Å². The van der Waals surface area contributed by atoms with Crippen LogP contribution in [0.3, 0.4) is 0 Å². The molecule has 96 valence electrons. The fourth-order valence-corrected chi connectivity index (χ4v) is 2.46. The van der Waals surface area contributed by atoms with E-state index in [1.54, 1.807) is 6.07 Å². The number of halogens is 1. The highest BCUT2D eigenvalue weighted by Crippen LogP contribution is 2.28. The Balaban J connectivity index is 2.20. The Hall–Kier alpha value is -2.00. The number of imidazole rings is 1. The van der Waals surface area contributed by atoms with Gasteiger partial charge in [-0.1, -0.05) is 17.7 Å². The molecule has 0 bridgehead atoms. The van der Waals surface area contributed by atoms with Crippen LogP contribution in [0, 0.1) is 13.8 Å². The van der Waals surface area contributed by atoms with Gasteiger partial charge in [-0.25, -0.2) is 4.98 Å². The number of hydrogen-bond acceptors (Lipinski definition) is 2. The van der Waals surface area contributed by atoms with E-state index in [-0.39, 0.29) is 0 Å². The molecule has 0 aliphatic heterocycles. The molecule has 1 aromatic heterocycles. The fraction of sp³-hybridized carbons (Fsp3) is 0.133. The molecule has 2 aromatic carbocycles. The third-order valence-corrected chi connectivity index (χ3v) is 3.52.